The first-order valence-corrected chi connectivity index (χ1v) is 9.76. The number of aryl methyl sites for hydroxylation is 1. The Morgan fingerprint density at radius 3 is 2.22 bits per heavy atom. The van der Waals surface area contributed by atoms with E-state index in [1.165, 1.54) is 37.8 Å². The molecule has 0 spiro atoms. The number of hydrogen-bond donors (Lipinski definition) is 0. The van der Waals surface area contributed by atoms with Crippen LogP contribution in [-0.4, -0.2) is 4.57 Å². The molecule has 2 aromatic carbocycles. The predicted octanol–water partition coefficient (Wildman–Crippen LogP) is 7.69. The van der Waals surface area contributed by atoms with Gasteiger partial charge < -0.3 is 4.57 Å². The molecule has 0 atom stereocenters. The lowest BCUT2D eigenvalue weighted by molar-refractivity contribution is -0.137. The number of aromatic nitrogens is 1. The highest BCUT2D eigenvalue weighted by Gasteiger charge is 2.31. The molecular formula is C23H26F3N. The van der Waals surface area contributed by atoms with E-state index < -0.39 is 11.7 Å². The minimum atomic E-state index is -4.32. The van der Waals surface area contributed by atoms with E-state index >= 15 is 0 Å². The summed E-state index contributed by atoms with van der Waals surface area (Å²) in [6.07, 6.45) is 2.62. The zero-order chi connectivity index (χ0) is 19.3. The molecular weight excluding hydrogens is 347 g/mol. The van der Waals surface area contributed by atoms with Crippen LogP contribution in [0.2, 0.25) is 0 Å². The summed E-state index contributed by atoms with van der Waals surface area (Å²) in [5, 5.41) is 0.854. The molecule has 0 radical (unpaired) electrons. The van der Waals surface area contributed by atoms with Gasteiger partial charge in [0.1, 0.15) is 0 Å². The van der Waals surface area contributed by atoms with E-state index in [2.05, 4.69) is 11.5 Å². The van der Waals surface area contributed by atoms with Gasteiger partial charge in [-0.2, -0.15) is 13.2 Å². The molecule has 0 bridgehead atoms. The fourth-order valence-electron chi connectivity index (χ4n) is 3.57. The number of benzene rings is 2. The number of nitrogens with zero attached hydrogens (tertiary/aromatic N) is 1. The molecule has 0 aliphatic heterocycles. The van der Waals surface area contributed by atoms with Gasteiger partial charge in [0, 0.05) is 23.1 Å². The van der Waals surface area contributed by atoms with Gasteiger partial charge in [-0.3, -0.25) is 0 Å². The summed E-state index contributed by atoms with van der Waals surface area (Å²) in [5.74, 6) is 0. The van der Waals surface area contributed by atoms with Crippen LogP contribution in [0, 0.1) is 0 Å². The molecule has 0 N–H and O–H groups in total. The van der Waals surface area contributed by atoms with Crippen molar-refractivity contribution in [1.29, 1.82) is 0 Å². The van der Waals surface area contributed by atoms with E-state index in [0.29, 0.717) is 5.52 Å². The summed E-state index contributed by atoms with van der Waals surface area (Å²) in [4.78, 5) is 0. The average molecular weight is 373 g/mol. The summed E-state index contributed by atoms with van der Waals surface area (Å²) in [6.45, 7) is 2.93. The second-order valence-corrected chi connectivity index (χ2v) is 7.09. The Balaban J connectivity index is 1.93. The van der Waals surface area contributed by atoms with Gasteiger partial charge in [0.15, 0.2) is 0 Å². The normalized spacial score (nSPS) is 12.0. The van der Waals surface area contributed by atoms with Gasteiger partial charge in [0.25, 0.3) is 0 Å². The Kier molecular flexibility index (Phi) is 6.25. The molecule has 0 amide bonds. The Morgan fingerprint density at radius 1 is 0.815 bits per heavy atom. The number of halogens is 3. The molecule has 0 saturated carbocycles. The van der Waals surface area contributed by atoms with Crippen molar-refractivity contribution in [2.75, 3.05) is 0 Å². The molecule has 27 heavy (non-hydrogen) atoms. The number of alkyl halides is 3. The SMILES string of the molecule is CCCCCCCCn1c(-c2ccccc2)cc2ccc(C(F)(F)F)cc21. The van der Waals surface area contributed by atoms with Gasteiger partial charge in [-0.1, -0.05) is 75.4 Å². The van der Waals surface area contributed by atoms with Crippen molar-refractivity contribution in [3.05, 3.63) is 60.2 Å². The van der Waals surface area contributed by atoms with Crippen molar-refractivity contribution in [3.8, 4) is 11.3 Å². The van der Waals surface area contributed by atoms with E-state index in [1.807, 2.05) is 36.4 Å². The Bertz CT molecular complexity index is 862. The summed E-state index contributed by atoms with van der Waals surface area (Å²) in [6, 6.07) is 15.9. The zero-order valence-electron chi connectivity index (χ0n) is 15.7. The van der Waals surface area contributed by atoms with Gasteiger partial charge in [-0.25, -0.2) is 0 Å². The Hall–Kier alpha value is -2.23. The fourth-order valence-corrected chi connectivity index (χ4v) is 3.57. The molecule has 0 saturated heterocycles. The molecule has 3 aromatic rings. The molecule has 0 fully saturated rings. The second-order valence-electron chi connectivity index (χ2n) is 7.09. The first-order chi connectivity index (χ1) is 13.0. The van der Waals surface area contributed by atoms with Gasteiger partial charge in [0.2, 0.25) is 0 Å². The highest BCUT2D eigenvalue weighted by atomic mass is 19.4. The van der Waals surface area contributed by atoms with Crippen molar-refractivity contribution < 1.29 is 13.2 Å². The minimum Gasteiger partial charge on any atom is -0.340 e. The van der Waals surface area contributed by atoms with Crippen LogP contribution in [0.25, 0.3) is 22.2 Å². The van der Waals surface area contributed by atoms with Gasteiger partial charge in [-0.15, -0.1) is 0 Å². The van der Waals surface area contributed by atoms with Crippen LogP contribution in [0.4, 0.5) is 13.2 Å². The molecule has 1 nitrogen and oxygen atoms in total. The number of unbranched alkanes of at least 4 members (excludes halogenated alkanes) is 5. The van der Waals surface area contributed by atoms with Crippen molar-refractivity contribution in [1.82, 2.24) is 4.57 Å². The molecule has 1 aromatic heterocycles. The maximum absolute atomic E-state index is 13.2. The molecule has 0 aliphatic rings. The second kappa shape index (κ2) is 8.64. The van der Waals surface area contributed by atoms with Crippen molar-refractivity contribution >= 4 is 10.9 Å². The van der Waals surface area contributed by atoms with Crippen LogP contribution in [0.3, 0.4) is 0 Å². The quantitative estimate of drug-likeness (QED) is 0.357. The first-order valence-electron chi connectivity index (χ1n) is 9.76. The summed E-state index contributed by atoms with van der Waals surface area (Å²) in [5.41, 5.74) is 2.10. The van der Waals surface area contributed by atoms with Gasteiger partial charge >= 0.3 is 6.18 Å². The topological polar surface area (TPSA) is 4.93 Å². The van der Waals surface area contributed by atoms with E-state index in [-0.39, 0.29) is 0 Å². The minimum absolute atomic E-state index is 0.586. The Morgan fingerprint density at radius 2 is 1.52 bits per heavy atom. The predicted molar refractivity (Wildman–Crippen MR) is 106 cm³/mol. The lowest BCUT2D eigenvalue weighted by Crippen LogP contribution is -2.06. The highest BCUT2D eigenvalue weighted by molar-refractivity contribution is 5.87. The maximum atomic E-state index is 13.2. The lowest BCUT2D eigenvalue weighted by atomic mass is 10.1. The van der Waals surface area contributed by atoms with Crippen LogP contribution < -0.4 is 0 Å². The Labute approximate surface area is 158 Å². The van der Waals surface area contributed by atoms with E-state index in [0.717, 1.165) is 36.0 Å². The number of rotatable bonds is 8. The molecule has 1 heterocycles. The van der Waals surface area contributed by atoms with Crippen molar-refractivity contribution in [2.24, 2.45) is 0 Å². The zero-order valence-corrected chi connectivity index (χ0v) is 15.7. The third kappa shape index (κ3) is 4.74. The smallest absolute Gasteiger partial charge is 0.340 e. The third-order valence-corrected chi connectivity index (χ3v) is 5.04. The number of fused-ring (bicyclic) bond motifs is 1. The van der Waals surface area contributed by atoms with Crippen LogP contribution in [0.15, 0.2) is 54.6 Å². The molecule has 144 valence electrons. The largest absolute Gasteiger partial charge is 0.416 e. The van der Waals surface area contributed by atoms with Crippen molar-refractivity contribution in [3.63, 3.8) is 0 Å². The molecule has 0 unspecified atom stereocenters. The van der Waals surface area contributed by atoms with Crippen molar-refractivity contribution in [2.45, 2.75) is 58.2 Å². The molecule has 4 heteroatoms. The summed E-state index contributed by atoms with van der Waals surface area (Å²) < 4.78 is 41.6. The monoisotopic (exact) mass is 373 g/mol. The molecule has 0 aliphatic carbocycles. The third-order valence-electron chi connectivity index (χ3n) is 5.04. The van der Waals surface area contributed by atoms with E-state index in [4.69, 9.17) is 0 Å². The highest BCUT2D eigenvalue weighted by Crippen LogP contribution is 2.35. The van der Waals surface area contributed by atoms with E-state index in [9.17, 15) is 13.2 Å². The van der Waals surface area contributed by atoms with Gasteiger partial charge in [-0.05, 0) is 30.2 Å². The van der Waals surface area contributed by atoms with E-state index in [1.54, 1.807) is 6.07 Å². The summed E-state index contributed by atoms with van der Waals surface area (Å²) >= 11 is 0. The fraction of sp³-hybridized carbons (Fsp3) is 0.391. The first kappa shape index (κ1) is 19.5. The lowest BCUT2D eigenvalue weighted by Gasteiger charge is -2.13. The van der Waals surface area contributed by atoms with Crippen LogP contribution in [0.5, 0.6) is 0 Å². The average Bonchev–Trinajstić information content (AvgIpc) is 3.02. The summed E-state index contributed by atoms with van der Waals surface area (Å²) in [7, 11) is 0. The molecule has 3 rings (SSSR count). The maximum Gasteiger partial charge on any atom is 0.416 e. The van der Waals surface area contributed by atoms with Crippen LogP contribution in [-0.2, 0) is 12.7 Å². The van der Waals surface area contributed by atoms with Gasteiger partial charge in [0.05, 0.1) is 5.56 Å². The van der Waals surface area contributed by atoms with Crippen LogP contribution >= 0.6 is 0 Å². The standard InChI is InChI=1S/C23H26F3N/c1-2-3-4-5-6-10-15-27-21(18-11-8-7-9-12-18)16-19-13-14-20(17-22(19)27)23(24,25)26/h7-9,11-14,16-17H,2-6,10,15H2,1H3. The van der Waals surface area contributed by atoms with Crippen LogP contribution in [0.1, 0.15) is 51.0 Å². The number of hydrogen-bond acceptors (Lipinski definition) is 0.